The Hall–Kier alpha value is -0.980. The van der Waals surface area contributed by atoms with Gasteiger partial charge in [-0.1, -0.05) is 33.8 Å². The molecule has 0 fully saturated rings. The highest BCUT2D eigenvalue weighted by atomic mass is 14.8. The van der Waals surface area contributed by atoms with Crippen molar-refractivity contribution in [3.05, 3.63) is 29.3 Å². The molecule has 0 saturated carbocycles. The minimum Gasteiger partial charge on any atom is -0.385 e. The number of hydrogen-bond acceptors (Lipinski definition) is 1. The lowest BCUT2D eigenvalue weighted by Gasteiger charge is -2.17. The van der Waals surface area contributed by atoms with E-state index in [0.717, 1.165) is 6.54 Å². The van der Waals surface area contributed by atoms with E-state index in [1.165, 1.54) is 16.8 Å². The Balaban J connectivity index is 3.09. The molecule has 0 heterocycles. The van der Waals surface area contributed by atoms with Crippen LogP contribution in [0.3, 0.4) is 0 Å². The first-order chi connectivity index (χ1) is 7.06. The highest BCUT2D eigenvalue weighted by Gasteiger charge is 2.10. The molecule has 0 amide bonds. The van der Waals surface area contributed by atoms with Crippen molar-refractivity contribution in [1.29, 1.82) is 0 Å². The quantitative estimate of drug-likeness (QED) is 0.770. The van der Waals surface area contributed by atoms with E-state index in [1.54, 1.807) is 0 Å². The van der Waals surface area contributed by atoms with Crippen LogP contribution >= 0.6 is 0 Å². The maximum Gasteiger partial charge on any atom is 0.0343 e. The third-order valence-corrected chi connectivity index (χ3v) is 2.71. The first-order valence-electron chi connectivity index (χ1n) is 5.94. The molecule has 0 aromatic heterocycles. The van der Waals surface area contributed by atoms with Gasteiger partial charge in [0.1, 0.15) is 0 Å². The van der Waals surface area contributed by atoms with Crippen LogP contribution in [-0.4, -0.2) is 6.54 Å². The Bertz CT molecular complexity index is 313. The predicted molar refractivity (Wildman–Crippen MR) is 68.8 cm³/mol. The summed E-state index contributed by atoms with van der Waals surface area (Å²) in [6.45, 7) is 12.2. The van der Waals surface area contributed by atoms with Crippen molar-refractivity contribution >= 4 is 5.69 Å². The summed E-state index contributed by atoms with van der Waals surface area (Å²) in [4.78, 5) is 0. The molecule has 1 aromatic rings. The Morgan fingerprint density at radius 1 is 1.00 bits per heavy atom. The van der Waals surface area contributed by atoms with E-state index in [9.17, 15) is 0 Å². The summed E-state index contributed by atoms with van der Waals surface area (Å²) in [5.74, 6) is 1.21. The Morgan fingerprint density at radius 2 is 1.60 bits per heavy atom. The molecule has 1 rings (SSSR count). The minimum atomic E-state index is 0.598. The summed E-state index contributed by atoms with van der Waals surface area (Å²) in [6.07, 6.45) is 0. The molecule has 0 aliphatic rings. The Morgan fingerprint density at radius 3 is 2.07 bits per heavy atom. The first-order valence-corrected chi connectivity index (χ1v) is 5.94. The van der Waals surface area contributed by atoms with Gasteiger partial charge in [0.2, 0.25) is 0 Å². The van der Waals surface area contributed by atoms with Crippen LogP contribution in [0.2, 0.25) is 0 Å². The molecule has 84 valence electrons. The van der Waals surface area contributed by atoms with Crippen molar-refractivity contribution in [1.82, 2.24) is 0 Å². The van der Waals surface area contributed by atoms with Gasteiger partial charge in [-0.05, 0) is 42.0 Å². The van der Waals surface area contributed by atoms with E-state index < -0.39 is 0 Å². The molecule has 0 aliphatic heterocycles. The molecule has 15 heavy (non-hydrogen) atoms. The molecule has 1 heteroatoms. The molecule has 1 aromatic carbocycles. The standard InChI is InChI=1S/C14H23N/c1-6-15-12-7-8-13(10(2)3)14(9-12)11(4)5/h7-11,15H,6H2,1-5H3. The largest absolute Gasteiger partial charge is 0.385 e. The van der Waals surface area contributed by atoms with Crippen LogP contribution in [0.25, 0.3) is 0 Å². The fourth-order valence-electron chi connectivity index (χ4n) is 1.91. The van der Waals surface area contributed by atoms with Gasteiger partial charge < -0.3 is 5.32 Å². The zero-order chi connectivity index (χ0) is 11.4. The van der Waals surface area contributed by atoms with Crippen molar-refractivity contribution in [2.75, 3.05) is 11.9 Å². The van der Waals surface area contributed by atoms with Crippen LogP contribution < -0.4 is 5.32 Å². The van der Waals surface area contributed by atoms with Gasteiger partial charge in [0.05, 0.1) is 0 Å². The van der Waals surface area contributed by atoms with Gasteiger partial charge in [-0.15, -0.1) is 0 Å². The fourth-order valence-corrected chi connectivity index (χ4v) is 1.91. The lowest BCUT2D eigenvalue weighted by atomic mass is 9.90. The zero-order valence-electron chi connectivity index (χ0n) is 10.6. The number of rotatable bonds is 4. The second-order valence-electron chi connectivity index (χ2n) is 4.68. The van der Waals surface area contributed by atoms with Crippen LogP contribution in [-0.2, 0) is 0 Å². The fraction of sp³-hybridized carbons (Fsp3) is 0.571. The second-order valence-corrected chi connectivity index (χ2v) is 4.68. The van der Waals surface area contributed by atoms with Crippen LogP contribution in [0.5, 0.6) is 0 Å². The van der Waals surface area contributed by atoms with Crippen LogP contribution in [0.4, 0.5) is 5.69 Å². The van der Waals surface area contributed by atoms with Crippen molar-refractivity contribution in [3.63, 3.8) is 0 Å². The summed E-state index contributed by atoms with van der Waals surface area (Å²) in [6, 6.07) is 6.74. The smallest absolute Gasteiger partial charge is 0.0343 e. The lowest BCUT2D eigenvalue weighted by Crippen LogP contribution is -2.02. The monoisotopic (exact) mass is 205 g/mol. The average Bonchev–Trinajstić information content (AvgIpc) is 2.17. The SMILES string of the molecule is CCNc1ccc(C(C)C)c(C(C)C)c1. The molecule has 1 N–H and O–H groups in total. The van der Waals surface area contributed by atoms with E-state index in [1.807, 2.05) is 0 Å². The Kier molecular flexibility index (Phi) is 4.19. The third-order valence-electron chi connectivity index (χ3n) is 2.71. The number of hydrogen-bond donors (Lipinski definition) is 1. The van der Waals surface area contributed by atoms with Crippen molar-refractivity contribution in [2.24, 2.45) is 0 Å². The summed E-state index contributed by atoms with van der Waals surface area (Å²) >= 11 is 0. The molecule has 0 bridgehead atoms. The number of nitrogens with one attached hydrogen (secondary N) is 1. The number of anilines is 1. The van der Waals surface area contributed by atoms with Crippen molar-refractivity contribution in [2.45, 2.75) is 46.5 Å². The Labute approximate surface area is 93.9 Å². The van der Waals surface area contributed by atoms with Gasteiger partial charge in [0.15, 0.2) is 0 Å². The molecule has 0 unspecified atom stereocenters. The highest BCUT2D eigenvalue weighted by Crippen LogP contribution is 2.28. The molecule has 0 radical (unpaired) electrons. The third kappa shape index (κ3) is 2.98. The maximum atomic E-state index is 3.37. The van der Waals surface area contributed by atoms with Crippen LogP contribution in [0, 0.1) is 0 Å². The van der Waals surface area contributed by atoms with E-state index >= 15 is 0 Å². The molecular formula is C14H23N. The summed E-state index contributed by atoms with van der Waals surface area (Å²) in [5.41, 5.74) is 4.20. The van der Waals surface area contributed by atoms with Crippen LogP contribution in [0.15, 0.2) is 18.2 Å². The molecule has 0 spiro atoms. The van der Waals surface area contributed by atoms with Gasteiger partial charge in [-0.25, -0.2) is 0 Å². The molecule has 0 aliphatic carbocycles. The average molecular weight is 205 g/mol. The van der Waals surface area contributed by atoms with Crippen LogP contribution in [0.1, 0.15) is 57.6 Å². The minimum absolute atomic E-state index is 0.598. The topological polar surface area (TPSA) is 12.0 Å². The van der Waals surface area contributed by atoms with Crippen molar-refractivity contribution in [3.8, 4) is 0 Å². The number of benzene rings is 1. The first kappa shape index (κ1) is 12.1. The summed E-state index contributed by atoms with van der Waals surface area (Å²) in [7, 11) is 0. The van der Waals surface area contributed by atoms with Gasteiger partial charge in [0, 0.05) is 12.2 Å². The molecule has 0 atom stereocenters. The lowest BCUT2D eigenvalue weighted by molar-refractivity contribution is 0.790. The van der Waals surface area contributed by atoms with E-state index in [4.69, 9.17) is 0 Å². The van der Waals surface area contributed by atoms with Gasteiger partial charge in [-0.3, -0.25) is 0 Å². The molecule has 0 saturated heterocycles. The second kappa shape index (κ2) is 5.20. The highest BCUT2D eigenvalue weighted by molar-refractivity contribution is 5.50. The molecule has 1 nitrogen and oxygen atoms in total. The van der Waals surface area contributed by atoms with Gasteiger partial charge >= 0.3 is 0 Å². The van der Waals surface area contributed by atoms with E-state index in [-0.39, 0.29) is 0 Å². The van der Waals surface area contributed by atoms with E-state index in [2.05, 4.69) is 58.1 Å². The van der Waals surface area contributed by atoms with Crippen molar-refractivity contribution < 1.29 is 0 Å². The normalized spacial score (nSPS) is 11.1. The van der Waals surface area contributed by atoms with Gasteiger partial charge in [0.25, 0.3) is 0 Å². The molecular weight excluding hydrogens is 182 g/mol. The zero-order valence-corrected chi connectivity index (χ0v) is 10.6. The van der Waals surface area contributed by atoms with Gasteiger partial charge in [-0.2, -0.15) is 0 Å². The summed E-state index contributed by atoms with van der Waals surface area (Å²) in [5, 5.41) is 3.37. The van der Waals surface area contributed by atoms with E-state index in [0.29, 0.717) is 11.8 Å². The summed E-state index contributed by atoms with van der Waals surface area (Å²) < 4.78 is 0. The maximum absolute atomic E-state index is 3.37. The predicted octanol–water partition coefficient (Wildman–Crippen LogP) is 4.37.